The zero-order valence-corrected chi connectivity index (χ0v) is 11.1. The van der Waals surface area contributed by atoms with Gasteiger partial charge in [0, 0.05) is 18.9 Å². The molecule has 0 radical (unpaired) electrons. The van der Waals surface area contributed by atoms with Gasteiger partial charge in [0.2, 0.25) is 0 Å². The molecule has 0 saturated heterocycles. The summed E-state index contributed by atoms with van der Waals surface area (Å²) < 4.78 is 0. The van der Waals surface area contributed by atoms with Crippen LogP contribution in [0.3, 0.4) is 0 Å². The van der Waals surface area contributed by atoms with Crippen molar-refractivity contribution in [2.75, 3.05) is 18.1 Å². The fraction of sp³-hybridized carbons (Fsp3) is 0.615. The molecular formula is C13H22N2S. The van der Waals surface area contributed by atoms with Crippen LogP contribution in [-0.2, 0) is 6.54 Å². The lowest BCUT2D eigenvalue weighted by molar-refractivity contribution is 0.676. The van der Waals surface area contributed by atoms with Crippen molar-refractivity contribution < 1.29 is 0 Å². The molecular weight excluding hydrogens is 216 g/mol. The number of nitrogens with zero attached hydrogens (tertiary/aromatic N) is 1. The number of hydrogen-bond donors (Lipinski definition) is 1. The monoisotopic (exact) mass is 238 g/mol. The molecule has 0 atom stereocenters. The van der Waals surface area contributed by atoms with E-state index in [-0.39, 0.29) is 0 Å². The second kappa shape index (κ2) is 8.59. The molecule has 16 heavy (non-hydrogen) atoms. The third-order valence-electron chi connectivity index (χ3n) is 2.15. The maximum Gasteiger partial charge on any atom is 0.0312 e. The van der Waals surface area contributed by atoms with Gasteiger partial charge >= 0.3 is 0 Å². The molecule has 0 spiro atoms. The Morgan fingerprint density at radius 3 is 3.00 bits per heavy atom. The summed E-state index contributed by atoms with van der Waals surface area (Å²) in [5, 5.41) is 3.44. The van der Waals surface area contributed by atoms with Crippen molar-refractivity contribution in [2.45, 2.75) is 26.8 Å². The highest BCUT2D eigenvalue weighted by Crippen LogP contribution is 2.08. The number of nitrogens with one attached hydrogen (secondary N) is 1. The Morgan fingerprint density at radius 1 is 1.44 bits per heavy atom. The first-order chi connectivity index (χ1) is 7.79. The molecule has 0 aliphatic heterocycles. The minimum atomic E-state index is 0.813. The summed E-state index contributed by atoms with van der Waals surface area (Å²) in [6.45, 7) is 6.57. The van der Waals surface area contributed by atoms with Gasteiger partial charge in [-0.3, -0.25) is 4.98 Å². The Hall–Kier alpha value is -0.540. The summed E-state index contributed by atoms with van der Waals surface area (Å²) in [6.07, 6.45) is 4.98. The molecule has 1 N–H and O–H groups in total. The topological polar surface area (TPSA) is 24.9 Å². The van der Waals surface area contributed by atoms with Crippen molar-refractivity contribution in [3.63, 3.8) is 0 Å². The van der Waals surface area contributed by atoms with E-state index < -0.39 is 0 Å². The van der Waals surface area contributed by atoms with Crippen LogP contribution in [0.15, 0.2) is 24.5 Å². The fourth-order valence-electron chi connectivity index (χ4n) is 1.35. The minimum Gasteiger partial charge on any atom is -0.313 e. The second-order valence-corrected chi connectivity index (χ2v) is 5.51. The lowest BCUT2D eigenvalue weighted by Crippen LogP contribution is -2.15. The predicted molar refractivity (Wildman–Crippen MR) is 72.7 cm³/mol. The Kier molecular flexibility index (Phi) is 7.26. The molecule has 0 aliphatic rings. The van der Waals surface area contributed by atoms with Crippen LogP contribution in [0.1, 0.15) is 25.8 Å². The molecule has 2 nitrogen and oxygen atoms in total. The van der Waals surface area contributed by atoms with Crippen molar-refractivity contribution in [2.24, 2.45) is 5.92 Å². The van der Waals surface area contributed by atoms with Crippen LogP contribution >= 0.6 is 11.8 Å². The third-order valence-corrected chi connectivity index (χ3v) is 3.63. The van der Waals surface area contributed by atoms with E-state index >= 15 is 0 Å². The molecule has 0 aliphatic carbocycles. The summed E-state index contributed by atoms with van der Waals surface area (Å²) >= 11 is 2.06. The van der Waals surface area contributed by atoms with E-state index in [1.165, 1.54) is 23.5 Å². The number of rotatable bonds is 8. The first-order valence-electron chi connectivity index (χ1n) is 5.96. The molecule has 90 valence electrons. The van der Waals surface area contributed by atoms with Crippen LogP contribution in [-0.4, -0.2) is 23.0 Å². The van der Waals surface area contributed by atoms with Gasteiger partial charge in [0.1, 0.15) is 0 Å². The van der Waals surface area contributed by atoms with Gasteiger partial charge in [-0.15, -0.1) is 0 Å². The quantitative estimate of drug-likeness (QED) is 0.705. The zero-order valence-electron chi connectivity index (χ0n) is 10.3. The molecule has 1 rings (SSSR count). The standard InChI is InChI=1S/C13H22N2S/c1-12(2)11-16-8-4-7-15-10-13-5-3-6-14-9-13/h3,5-6,9,12,15H,4,7-8,10-11H2,1-2H3. The first-order valence-corrected chi connectivity index (χ1v) is 7.12. The van der Waals surface area contributed by atoms with Gasteiger partial charge in [-0.2, -0.15) is 11.8 Å². The largest absolute Gasteiger partial charge is 0.313 e. The maximum absolute atomic E-state index is 4.09. The smallest absolute Gasteiger partial charge is 0.0312 e. The van der Waals surface area contributed by atoms with Crippen LogP contribution in [0.2, 0.25) is 0 Å². The Bertz CT molecular complexity index is 262. The molecule has 0 aromatic carbocycles. The van der Waals surface area contributed by atoms with Crippen LogP contribution in [0.25, 0.3) is 0 Å². The van der Waals surface area contributed by atoms with E-state index in [0.717, 1.165) is 19.0 Å². The summed E-state index contributed by atoms with van der Waals surface area (Å²) in [6, 6.07) is 4.09. The average Bonchev–Trinajstić information content (AvgIpc) is 2.29. The van der Waals surface area contributed by atoms with Crippen LogP contribution in [0.5, 0.6) is 0 Å². The third kappa shape index (κ3) is 6.85. The highest BCUT2D eigenvalue weighted by atomic mass is 32.2. The Balaban J connectivity index is 1.93. The van der Waals surface area contributed by atoms with E-state index in [1.807, 2.05) is 18.5 Å². The zero-order chi connectivity index (χ0) is 11.6. The second-order valence-electron chi connectivity index (χ2n) is 4.36. The van der Waals surface area contributed by atoms with Crippen molar-refractivity contribution in [3.8, 4) is 0 Å². The molecule has 0 amide bonds. The van der Waals surface area contributed by atoms with Gasteiger partial charge in [0.05, 0.1) is 0 Å². The summed E-state index contributed by atoms with van der Waals surface area (Å²) in [7, 11) is 0. The Labute approximate surface area is 103 Å². The Morgan fingerprint density at radius 2 is 2.31 bits per heavy atom. The van der Waals surface area contributed by atoms with E-state index in [0.29, 0.717) is 0 Å². The molecule has 1 heterocycles. The van der Waals surface area contributed by atoms with Gasteiger partial charge in [0.25, 0.3) is 0 Å². The highest BCUT2D eigenvalue weighted by Gasteiger charge is 1.95. The summed E-state index contributed by atoms with van der Waals surface area (Å²) in [4.78, 5) is 4.09. The number of pyridine rings is 1. The van der Waals surface area contributed by atoms with Crippen molar-refractivity contribution in [1.82, 2.24) is 10.3 Å². The van der Waals surface area contributed by atoms with E-state index in [1.54, 1.807) is 0 Å². The van der Waals surface area contributed by atoms with Gasteiger partial charge in [-0.25, -0.2) is 0 Å². The molecule has 0 saturated carbocycles. The van der Waals surface area contributed by atoms with E-state index in [2.05, 4.69) is 42.0 Å². The number of thioether (sulfide) groups is 1. The molecule has 1 aromatic heterocycles. The first kappa shape index (κ1) is 13.5. The molecule has 1 aromatic rings. The van der Waals surface area contributed by atoms with Gasteiger partial charge in [-0.05, 0) is 42.0 Å². The minimum absolute atomic E-state index is 0.813. The lowest BCUT2D eigenvalue weighted by Gasteiger charge is -2.06. The average molecular weight is 238 g/mol. The van der Waals surface area contributed by atoms with Gasteiger partial charge < -0.3 is 5.32 Å². The van der Waals surface area contributed by atoms with Crippen molar-refractivity contribution in [1.29, 1.82) is 0 Å². The van der Waals surface area contributed by atoms with E-state index in [4.69, 9.17) is 0 Å². The maximum atomic E-state index is 4.09. The molecule has 0 fully saturated rings. The predicted octanol–water partition coefficient (Wildman–Crippen LogP) is 2.95. The highest BCUT2D eigenvalue weighted by molar-refractivity contribution is 7.99. The fourth-order valence-corrected chi connectivity index (χ4v) is 2.34. The summed E-state index contributed by atoms with van der Waals surface area (Å²) in [5.41, 5.74) is 1.26. The van der Waals surface area contributed by atoms with Crippen molar-refractivity contribution >= 4 is 11.8 Å². The molecule has 3 heteroatoms. The molecule has 0 unspecified atom stereocenters. The van der Waals surface area contributed by atoms with Crippen LogP contribution < -0.4 is 5.32 Å². The normalized spacial score (nSPS) is 10.9. The number of aromatic nitrogens is 1. The lowest BCUT2D eigenvalue weighted by atomic mass is 10.3. The summed E-state index contributed by atoms with van der Waals surface area (Å²) in [5.74, 6) is 3.36. The van der Waals surface area contributed by atoms with Crippen molar-refractivity contribution in [3.05, 3.63) is 30.1 Å². The van der Waals surface area contributed by atoms with E-state index in [9.17, 15) is 0 Å². The molecule has 0 bridgehead atoms. The SMILES string of the molecule is CC(C)CSCCCNCc1cccnc1. The van der Waals surface area contributed by atoms with Gasteiger partial charge in [-0.1, -0.05) is 19.9 Å². The number of hydrogen-bond acceptors (Lipinski definition) is 3. The van der Waals surface area contributed by atoms with Crippen LogP contribution in [0.4, 0.5) is 0 Å². The van der Waals surface area contributed by atoms with Gasteiger partial charge in [0.15, 0.2) is 0 Å². The van der Waals surface area contributed by atoms with Crippen LogP contribution in [0, 0.1) is 5.92 Å².